The third kappa shape index (κ3) is 3.38. The van der Waals surface area contributed by atoms with Crippen LogP contribution in [0.25, 0.3) is 0 Å². The molecule has 0 atom stereocenters. The zero-order valence-corrected chi connectivity index (χ0v) is 14.2. The minimum absolute atomic E-state index is 0.0226. The van der Waals surface area contributed by atoms with Gasteiger partial charge in [-0.1, -0.05) is 12.1 Å². The Kier molecular flexibility index (Phi) is 4.93. The summed E-state index contributed by atoms with van der Waals surface area (Å²) in [5, 5.41) is 10.8. The molecule has 0 radical (unpaired) electrons. The number of nitro groups is 1. The minimum Gasteiger partial charge on any atom is -0.495 e. The summed E-state index contributed by atoms with van der Waals surface area (Å²) in [6, 6.07) is 9.09. The van der Waals surface area contributed by atoms with Gasteiger partial charge in [-0.2, -0.15) is 0 Å². The number of nitrogens with two attached hydrogens (primary N) is 1. The average Bonchev–Trinajstić information content (AvgIpc) is 2.60. The zero-order chi connectivity index (χ0) is 18.8. The van der Waals surface area contributed by atoms with Gasteiger partial charge in [0.2, 0.25) is 0 Å². The van der Waals surface area contributed by atoms with Crippen LogP contribution in [-0.2, 0) is 10.0 Å². The van der Waals surface area contributed by atoms with E-state index in [0.717, 1.165) is 22.5 Å². The molecular weight excluding hydrogens is 350 g/mol. The number of hydrogen-bond donors (Lipinski definition) is 1. The highest BCUT2D eigenvalue weighted by Crippen LogP contribution is 2.33. The van der Waals surface area contributed by atoms with Gasteiger partial charge in [-0.05, 0) is 18.2 Å². The van der Waals surface area contributed by atoms with E-state index in [1.807, 2.05) is 0 Å². The third-order valence-corrected chi connectivity index (χ3v) is 5.32. The molecule has 2 rings (SSSR count). The minimum atomic E-state index is -4.16. The molecule has 0 heterocycles. The molecule has 9 nitrogen and oxygen atoms in total. The van der Waals surface area contributed by atoms with Crippen LogP contribution in [0, 0.1) is 10.1 Å². The van der Waals surface area contributed by atoms with Crippen LogP contribution < -0.4 is 14.8 Å². The summed E-state index contributed by atoms with van der Waals surface area (Å²) in [6.45, 7) is 0. The number of amides is 1. The Morgan fingerprint density at radius 2 is 1.88 bits per heavy atom. The van der Waals surface area contributed by atoms with Crippen LogP contribution in [0.2, 0.25) is 0 Å². The number of hydrogen-bond acceptors (Lipinski definition) is 6. The fourth-order valence-corrected chi connectivity index (χ4v) is 3.57. The first kappa shape index (κ1) is 18.2. The van der Waals surface area contributed by atoms with Crippen molar-refractivity contribution in [1.29, 1.82) is 0 Å². The standard InChI is InChI=1S/C15H15N3O6S/c1-17(12-6-4-3-5-11(12)15(16)19)25(22,23)14-8-7-10(18(20)21)9-13(14)24-2/h3-9H,1-2H3,(H2,16,19). The number of nitrogens with zero attached hydrogens (tertiary/aromatic N) is 2. The molecule has 0 bridgehead atoms. The van der Waals surface area contributed by atoms with Gasteiger partial charge in [-0.3, -0.25) is 19.2 Å². The van der Waals surface area contributed by atoms with Crippen LogP contribution in [0.3, 0.4) is 0 Å². The summed E-state index contributed by atoms with van der Waals surface area (Å²) in [4.78, 5) is 21.4. The van der Waals surface area contributed by atoms with Gasteiger partial charge in [0.05, 0.1) is 29.4 Å². The molecule has 0 saturated carbocycles. The fourth-order valence-electron chi connectivity index (χ4n) is 2.22. The number of primary amides is 1. The number of rotatable bonds is 6. The average molecular weight is 365 g/mol. The fraction of sp³-hybridized carbons (Fsp3) is 0.133. The van der Waals surface area contributed by atoms with Crippen LogP contribution in [0.4, 0.5) is 11.4 Å². The SMILES string of the molecule is COc1cc([N+](=O)[O-])ccc1S(=O)(=O)N(C)c1ccccc1C(N)=O. The molecule has 0 saturated heterocycles. The van der Waals surface area contributed by atoms with E-state index in [4.69, 9.17) is 10.5 Å². The van der Waals surface area contributed by atoms with Crippen molar-refractivity contribution >= 4 is 27.3 Å². The van der Waals surface area contributed by atoms with Crippen LogP contribution in [0.15, 0.2) is 47.4 Å². The molecule has 0 fully saturated rings. The number of sulfonamides is 1. The molecule has 0 unspecified atom stereocenters. The van der Waals surface area contributed by atoms with Crippen molar-refractivity contribution in [2.75, 3.05) is 18.5 Å². The van der Waals surface area contributed by atoms with Crippen LogP contribution in [0.1, 0.15) is 10.4 Å². The maximum absolute atomic E-state index is 12.9. The van der Waals surface area contributed by atoms with Crippen LogP contribution in [-0.4, -0.2) is 33.4 Å². The van der Waals surface area contributed by atoms with E-state index in [9.17, 15) is 23.3 Å². The van der Waals surface area contributed by atoms with Gasteiger partial charge in [-0.15, -0.1) is 0 Å². The van der Waals surface area contributed by atoms with E-state index in [1.54, 1.807) is 12.1 Å². The molecule has 0 aliphatic rings. The first-order valence-electron chi connectivity index (χ1n) is 6.90. The predicted molar refractivity (Wildman–Crippen MR) is 90.2 cm³/mol. The number of carbonyl (C=O) groups is 1. The number of nitro benzene ring substituents is 1. The Labute approximate surface area is 143 Å². The summed E-state index contributed by atoms with van der Waals surface area (Å²) in [5.41, 5.74) is 5.08. The number of benzene rings is 2. The second kappa shape index (κ2) is 6.77. The summed E-state index contributed by atoms with van der Waals surface area (Å²) in [7, 11) is -1.70. The van der Waals surface area contributed by atoms with E-state index in [-0.39, 0.29) is 27.6 Å². The summed E-state index contributed by atoms with van der Waals surface area (Å²) in [5.74, 6) is -0.967. The highest BCUT2D eigenvalue weighted by Gasteiger charge is 2.28. The summed E-state index contributed by atoms with van der Waals surface area (Å²) < 4.78 is 31.6. The van der Waals surface area contributed by atoms with Gasteiger partial charge in [-0.25, -0.2) is 8.42 Å². The molecule has 0 aliphatic heterocycles. The highest BCUT2D eigenvalue weighted by atomic mass is 32.2. The lowest BCUT2D eigenvalue weighted by Gasteiger charge is -2.22. The molecule has 132 valence electrons. The maximum Gasteiger partial charge on any atom is 0.273 e. The van der Waals surface area contributed by atoms with Gasteiger partial charge in [0.25, 0.3) is 21.6 Å². The van der Waals surface area contributed by atoms with Gasteiger partial charge in [0.1, 0.15) is 10.6 Å². The largest absolute Gasteiger partial charge is 0.495 e. The van der Waals surface area contributed by atoms with Crippen molar-refractivity contribution in [3.8, 4) is 5.75 Å². The van der Waals surface area contributed by atoms with Gasteiger partial charge >= 0.3 is 0 Å². The quantitative estimate of drug-likeness (QED) is 0.609. The second-order valence-electron chi connectivity index (χ2n) is 4.95. The summed E-state index contributed by atoms with van der Waals surface area (Å²) in [6.07, 6.45) is 0. The van der Waals surface area contributed by atoms with E-state index in [1.165, 1.54) is 26.3 Å². The van der Waals surface area contributed by atoms with Gasteiger partial charge < -0.3 is 10.5 Å². The molecule has 0 aromatic heterocycles. The zero-order valence-electron chi connectivity index (χ0n) is 13.4. The van der Waals surface area contributed by atoms with E-state index >= 15 is 0 Å². The Morgan fingerprint density at radius 1 is 1.24 bits per heavy atom. The predicted octanol–water partition coefficient (Wildman–Crippen LogP) is 1.53. The Bertz CT molecular complexity index is 942. The normalized spacial score (nSPS) is 11.0. The Morgan fingerprint density at radius 3 is 2.44 bits per heavy atom. The van der Waals surface area contributed by atoms with Crippen LogP contribution >= 0.6 is 0 Å². The van der Waals surface area contributed by atoms with Crippen molar-refractivity contribution < 1.29 is 22.9 Å². The smallest absolute Gasteiger partial charge is 0.273 e. The number of methoxy groups -OCH3 is 1. The molecule has 0 aliphatic carbocycles. The third-order valence-electron chi connectivity index (χ3n) is 3.51. The topological polar surface area (TPSA) is 133 Å². The molecule has 2 aromatic carbocycles. The first-order valence-corrected chi connectivity index (χ1v) is 8.34. The van der Waals surface area contributed by atoms with Crippen molar-refractivity contribution in [3.63, 3.8) is 0 Å². The summed E-state index contributed by atoms with van der Waals surface area (Å²) >= 11 is 0. The lowest BCUT2D eigenvalue weighted by molar-refractivity contribution is -0.385. The van der Waals surface area contributed by atoms with Crippen LogP contribution in [0.5, 0.6) is 5.75 Å². The van der Waals surface area contributed by atoms with Crippen molar-refractivity contribution in [3.05, 3.63) is 58.1 Å². The van der Waals surface area contributed by atoms with Crippen molar-refractivity contribution in [1.82, 2.24) is 0 Å². The lowest BCUT2D eigenvalue weighted by Crippen LogP contribution is -2.29. The Balaban J connectivity index is 2.59. The maximum atomic E-state index is 12.9. The first-order chi connectivity index (χ1) is 11.7. The van der Waals surface area contributed by atoms with Gasteiger partial charge in [0, 0.05) is 13.1 Å². The number of para-hydroxylation sites is 1. The molecule has 10 heteroatoms. The van der Waals surface area contributed by atoms with E-state index < -0.39 is 20.9 Å². The number of anilines is 1. The van der Waals surface area contributed by atoms with Crippen molar-refractivity contribution in [2.24, 2.45) is 5.73 Å². The van der Waals surface area contributed by atoms with Crippen molar-refractivity contribution in [2.45, 2.75) is 4.90 Å². The molecule has 0 spiro atoms. The Hall–Kier alpha value is -3.14. The lowest BCUT2D eigenvalue weighted by atomic mass is 10.2. The molecule has 2 N–H and O–H groups in total. The molecule has 25 heavy (non-hydrogen) atoms. The molecule has 2 aromatic rings. The molecular formula is C15H15N3O6S. The number of ether oxygens (including phenoxy) is 1. The highest BCUT2D eigenvalue weighted by molar-refractivity contribution is 7.93. The van der Waals surface area contributed by atoms with Gasteiger partial charge in [0.15, 0.2) is 0 Å². The monoisotopic (exact) mass is 365 g/mol. The number of non-ortho nitro benzene ring substituents is 1. The van der Waals surface area contributed by atoms with E-state index in [0.29, 0.717) is 0 Å². The molecule has 1 amide bonds. The second-order valence-corrected chi connectivity index (χ2v) is 6.88. The van der Waals surface area contributed by atoms with E-state index in [2.05, 4.69) is 0 Å². The number of carbonyl (C=O) groups excluding carboxylic acids is 1.